The monoisotopic (exact) mass is 375 g/mol. The highest BCUT2D eigenvalue weighted by Crippen LogP contribution is 2.37. The van der Waals surface area contributed by atoms with Gasteiger partial charge in [-0.1, -0.05) is 29.8 Å². The maximum absolute atomic E-state index is 13.0. The van der Waals surface area contributed by atoms with Crippen LogP contribution in [-0.4, -0.2) is 44.3 Å². The van der Waals surface area contributed by atoms with Gasteiger partial charge in [0.25, 0.3) is 0 Å². The molecule has 2 aromatic rings. The number of carbonyl (C=O) groups excluding carboxylic acids is 1. The second kappa shape index (κ2) is 7.53. The lowest BCUT2D eigenvalue weighted by atomic mass is 9.98. The van der Waals surface area contributed by atoms with Crippen molar-refractivity contribution in [2.45, 2.75) is 31.4 Å². The molecule has 26 heavy (non-hydrogen) atoms. The summed E-state index contributed by atoms with van der Waals surface area (Å²) in [5.74, 6) is -0.450. The van der Waals surface area contributed by atoms with Crippen molar-refractivity contribution in [1.29, 1.82) is 0 Å². The molecule has 3 atom stereocenters. The molecule has 2 heterocycles. The SMILES string of the molecule is O=C(O)[N@+]1(C(=O)Cc2cccnc2)CCC[C@H]1C(O)c1cccc(Cl)c1. The molecule has 6 nitrogen and oxygen atoms in total. The lowest BCUT2D eigenvalue weighted by Crippen LogP contribution is -2.61. The molecule has 2 amide bonds. The average Bonchev–Trinajstić information content (AvgIpc) is 3.08. The number of aromatic nitrogens is 1. The number of hydrogen-bond acceptors (Lipinski definition) is 4. The predicted octanol–water partition coefficient (Wildman–Crippen LogP) is 3.19. The first-order valence-electron chi connectivity index (χ1n) is 8.42. The molecule has 0 spiro atoms. The third kappa shape index (κ3) is 3.35. The van der Waals surface area contributed by atoms with E-state index in [4.69, 9.17) is 11.6 Å². The van der Waals surface area contributed by atoms with Gasteiger partial charge in [-0.2, -0.15) is 9.28 Å². The second-order valence-electron chi connectivity index (χ2n) is 6.52. The number of quaternary nitrogens is 1. The molecule has 0 bridgehead atoms. The Labute approximate surface area is 156 Å². The zero-order chi connectivity index (χ0) is 18.7. The van der Waals surface area contributed by atoms with Crippen LogP contribution in [0.5, 0.6) is 0 Å². The molecule has 1 aromatic carbocycles. The standard InChI is InChI=1S/C19H19ClN2O4/c20-15-6-1-5-14(11-15)18(24)16-7-3-9-22(16,19(25)26)17(23)10-13-4-2-8-21-12-13/h1-2,4-6,8,11-12,16,18,24H,3,7,9-10H2/p+1/t16-,18?,22+/m0/s1. The van der Waals surface area contributed by atoms with Crippen molar-refractivity contribution in [3.8, 4) is 0 Å². The van der Waals surface area contributed by atoms with Gasteiger partial charge in [-0.25, -0.2) is 4.79 Å². The fourth-order valence-electron chi connectivity index (χ4n) is 3.72. The topological polar surface area (TPSA) is 87.5 Å². The van der Waals surface area contributed by atoms with Crippen LogP contribution in [-0.2, 0) is 11.2 Å². The van der Waals surface area contributed by atoms with Gasteiger partial charge in [-0.3, -0.25) is 4.98 Å². The third-order valence-electron chi connectivity index (χ3n) is 5.00. The zero-order valence-corrected chi connectivity index (χ0v) is 14.8. The first-order chi connectivity index (χ1) is 12.4. The van der Waals surface area contributed by atoms with Crippen LogP contribution >= 0.6 is 11.6 Å². The van der Waals surface area contributed by atoms with Crippen LogP contribution in [0.1, 0.15) is 30.1 Å². The number of pyridine rings is 1. The van der Waals surface area contributed by atoms with Crippen LogP contribution in [0.3, 0.4) is 0 Å². The van der Waals surface area contributed by atoms with Crippen molar-refractivity contribution >= 4 is 23.6 Å². The highest BCUT2D eigenvalue weighted by molar-refractivity contribution is 6.30. The smallest absolute Gasteiger partial charge is 0.435 e. The molecule has 1 aromatic heterocycles. The minimum Gasteiger partial charge on any atom is -0.435 e. The molecule has 1 aliphatic heterocycles. The summed E-state index contributed by atoms with van der Waals surface area (Å²) >= 11 is 5.99. The Morgan fingerprint density at radius 1 is 1.31 bits per heavy atom. The summed E-state index contributed by atoms with van der Waals surface area (Å²) in [5.41, 5.74) is 1.17. The summed E-state index contributed by atoms with van der Waals surface area (Å²) in [6.07, 6.45) is 1.77. The molecule has 136 valence electrons. The van der Waals surface area contributed by atoms with Crippen molar-refractivity contribution in [3.63, 3.8) is 0 Å². The Hall–Kier alpha value is -2.28. The number of carboxylic acid groups (broad SMARTS) is 1. The first kappa shape index (κ1) is 18.5. The van der Waals surface area contributed by atoms with Crippen LogP contribution in [0.15, 0.2) is 48.8 Å². The van der Waals surface area contributed by atoms with Gasteiger partial charge < -0.3 is 10.2 Å². The van der Waals surface area contributed by atoms with Gasteiger partial charge in [0.05, 0.1) is 13.0 Å². The van der Waals surface area contributed by atoms with Gasteiger partial charge in [0, 0.05) is 30.3 Å². The Balaban J connectivity index is 1.93. The normalized spacial score (nSPS) is 23.5. The fraction of sp³-hybridized carbons (Fsp3) is 0.316. The molecule has 1 unspecified atom stereocenters. The van der Waals surface area contributed by atoms with Gasteiger partial charge in [0.1, 0.15) is 12.1 Å². The Morgan fingerprint density at radius 3 is 2.77 bits per heavy atom. The zero-order valence-electron chi connectivity index (χ0n) is 14.1. The third-order valence-corrected chi connectivity index (χ3v) is 5.23. The molecule has 1 aliphatic rings. The number of nitrogens with zero attached hydrogens (tertiary/aromatic N) is 2. The molecule has 2 N–H and O–H groups in total. The quantitative estimate of drug-likeness (QED) is 0.801. The van der Waals surface area contributed by atoms with E-state index < -0.39 is 28.6 Å². The van der Waals surface area contributed by atoms with E-state index >= 15 is 0 Å². The molecule has 0 aliphatic carbocycles. The summed E-state index contributed by atoms with van der Waals surface area (Å²) in [6.45, 7) is 0.163. The number of rotatable bonds is 4. The first-order valence-corrected chi connectivity index (χ1v) is 8.80. The number of hydrogen-bond donors (Lipinski definition) is 2. The predicted molar refractivity (Wildman–Crippen MR) is 95.5 cm³/mol. The number of aliphatic hydroxyl groups excluding tert-OH is 1. The highest BCUT2D eigenvalue weighted by atomic mass is 35.5. The maximum atomic E-state index is 13.0. The van der Waals surface area contributed by atoms with Crippen molar-refractivity contribution in [1.82, 2.24) is 4.98 Å². The molecule has 0 saturated carbocycles. The average molecular weight is 376 g/mol. The van der Waals surface area contributed by atoms with E-state index in [1.54, 1.807) is 48.8 Å². The summed E-state index contributed by atoms with van der Waals surface area (Å²) in [7, 11) is 0. The molecule has 0 radical (unpaired) electrons. The summed E-state index contributed by atoms with van der Waals surface area (Å²) in [5, 5.41) is 21.2. The number of benzene rings is 1. The van der Waals surface area contributed by atoms with Crippen molar-refractivity contribution in [2.24, 2.45) is 0 Å². The summed E-state index contributed by atoms with van der Waals surface area (Å²) in [4.78, 5) is 29.2. The van der Waals surface area contributed by atoms with Gasteiger partial charge in [0.2, 0.25) is 0 Å². The summed E-state index contributed by atoms with van der Waals surface area (Å²) in [6, 6.07) is 9.36. The molecule has 3 rings (SSSR count). The minimum atomic E-state index is -1.23. The van der Waals surface area contributed by atoms with Gasteiger partial charge >= 0.3 is 12.0 Å². The lowest BCUT2D eigenvalue weighted by Gasteiger charge is -2.34. The number of likely N-dealkylation sites (tertiary alicyclic amines) is 1. The van der Waals surface area contributed by atoms with E-state index in [9.17, 15) is 19.8 Å². The van der Waals surface area contributed by atoms with Crippen molar-refractivity contribution in [2.75, 3.05) is 6.54 Å². The van der Waals surface area contributed by atoms with Gasteiger partial charge in [-0.15, -0.1) is 0 Å². The highest BCUT2D eigenvalue weighted by Gasteiger charge is 2.57. The molecular weight excluding hydrogens is 356 g/mol. The summed E-state index contributed by atoms with van der Waals surface area (Å²) < 4.78 is -0.775. The Morgan fingerprint density at radius 2 is 2.12 bits per heavy atom. The van der Waals surface area contributed by atoms with Crippen LogP contribution < -0.4 is 0 Å². The van der Waals surface area contributed by atoms with E-state index in [2.05, 4.69) is 4.98 Å². The van der Waals surface area contributed by atoms with Crippen LogP contribution in [0.25, 0.3) is 0 Å². The largest absolute Gasteiger partial charge is 0.521 e. The van der Waals surface area contributed by atoms with Crippen LogP contribution in [0.4, 0.5) is 4.79 Å². The molecule has 7 heteroatoms. The maximum Gasteiger partial charge on any atom is 0.521 e. The van der Waals surface area contributed by atoms with E-state index in [1.807, 2.05) is 0 Å². The Kier molecular flexibility index (Phi) is 5.36. The fourth-order valence-corrected chi connectivity index (χ4v) is 3.92. The molecule has 1 fully saturated rings. The number of aliphatic hydroxyl groups is 1. The minimum absolute atomic E-state index is 0.0428. The van der Waals surface area contributed by atoms with E-state index in [0.717, 1.165) is 0 Å². The van der Waals surface area contributed by atoms with Crippen LogP contribution in [0.2, 0.25) is 5.02 Å². The lowest BCUT2D eigenvalue weighted by molar-refractivity contribution is -0.800. The van der Waals surface area contributed by atoms with E-state index in [1.165, 1.54) is 0 Å². The molecular formula is C19H20ClN2O4+. The number of halogens is 1. The molecule has 1 saturated heterocycles. The van der Waals surface area contributed by atoms with Crippen LogP contribution in [0, 0.1) is 0 Å². The van der Waals surface area contributed by atoms with Gasteiger partial charge in [-0.05, 0) is 29.3 Å². The van der Waals surface area contributed by atoms with Crippen molar-refractivity contribution < 1.29 is 24.3 Å². The number of amides is 2. The second-order valence-corrected chi connectivity index (χ2v) is 6.95. The number of imide groups is 1. The van der Waals surface area contributed by atoms with E-state index in [0.29, 0.717) is 29.0 Å². The Bertz CT molecular complexity index is 814. The van der Waals surface area contributed by atoms with Crippen molar-refractivity contribution in [3.05, 3.63) is 64.9 Å². The van der Waals surface area contributed by atoms with E-state index in [-0.39, 0.29) is 13.0 Å². The van der Waals surface area contributed by atoms with Gasteiger partial charge in [0.15, 0.2) is 0 Å². The number of carbonyl (C=O) groups is 2.